The van der Waals surface area contributed by atoms with E-state index >= 15 is 0 Å². The lowest BCUT2D eigenvalue weighted by Crippen LogP contribution is -2.35. The van der Waals surface area contributed by atoms with Crippen molar-refractivity contribution < 1.29 is 4.92 Å². The number of piperidine rings is 1. The van der Waals surface area contributed by atoms with Crippen LogP contribution in [-0.2, 0) is 0 Å². The molecule has 9 nitrogen and oxygen atoms in total. The van der Waals surface area contributed by atoms with E-state index < -0.39 is 4.92 Å². The summed E-state index contributed by atoms with van der Waals surface area (Å²) in [4.78, 5) is 16.9. The summed E-state index contributed by atoms with van der Waals surface area (Å²) in [5, 5.41) is 28.8. The Kier molecular flexibility index (Phi) is 4.61. The Bertz CT molecular complexity index is 816. The number of hydrogen-bond donors (Lipinski definition) is 0. The number of hydrogen-bond acceptors (Lipinski definition) is 7. The van der Waals surface area contributed by atoms with E-state index in [1.54, 1.807) is 6.33 Å². The lowest BCUT2D eigenvalue weighted by molar-refractivity contribution is -0.384. The molecule has 2 aromatic rings. The topological polar surface area (TPSA) is 114 Å². The van der Waals surface area contributed by atoms with Crippen LogP contribution in [0.1, 0.15) is 50.0 Å². The molecule has 0 amide bonds. The number of aromatic nitrogens is 4. The molecule has 0 N–H and O–H groups in total. The van der Waals surface area contributed by atoms with Crippen molar-refractivity contribution in [3.63, 3.8) is 0 Å². The van der Waals surface area contributed by atoms with Gasteiger partial charge in [0.25, 0.3) is 0 Å². The highest BCUT2D eigenvalue weighted by Crippen LogP contribution is 2.34. The molecule has 0 aliphatic carbocycles. The average Bonchev–Trinajstić information content (AvgIpc) is 3.11. The first kappa shape index (κ1) is 16.8. The maximum atomic E-state index is 11.4. The molecule has 9 heteroatoms. The summed E-state index contributed by atoms with van der Waals surface area (Å²) >= 11 is 0. The molecule has 0 atom stereocenters. The predicted octanol–water partition coefficient (Wildman–Crippen LogP) is 2.42. The van der Waals surface area contributed by atoms with Gasteiger partial charge in [0.1, 0.15) is 23.8 Å². The molecule has 1 aliphatic rings. The van der Waals surface area contributed by atoms with Crippen LogP contribution in [0.5, 0.6) is 0 Å². The van der Waals surface area contributed by atoms with Gasteiger partial charge in [-0.05, 0) is 32.8 Å². The highest BCUT2D eigenvalue weighted by molar-refractivity contribution is 5.65. The summed E-state index contributed by atoms with van der Waals surface area (Å²) in [6.07, 6.45) is 4.81. The molecular weight excluding hydrogens is 322 g/mol. The highest BCUT2D eigenvalue weighted by Gasteiger charge is 2.30. The van der Waals surface area contributed by atoms with Crippen LogP contribution in [0.3, 0.4) is 0 Å². The Hall–Kier alpha value is -3.02. The first-order valence-electron chi connectivity index (χ1n) is 8.20. The number of anilines is 1. The fourth-order valence-corrected chi connectivity index (χ4v) is 3.24. The van der Waals surface area contributed by atoms with Crippen molar-refractivity contribution in [2.75, 3.05) is 18.0 Å². The van der Waals surface area contributed by atoms with Crippen LogP contribution in [0.2, 0.25) is 0 Å². The molecule has 130 valence electrons. The number of nitrogens with zero attached hydrogens (tertiary/aromatic N) is 7. The standard InChI is InChI=1S/C16H19N7O2/c1-11(2)22-10-19-20-15(22)12-4-7-21(8-5-12)16-14(23(24)25)13(9-17)3-6-18-16/h3,6,10-12H,4-5,7-8H2,1-2H3. The van der Waals surface area contributed by atoms with E-state index in [1.165, 1.54) is 12.3 Å². The van der Waals surface area contributed by atoms with Crippen LogP contribution in [0.25, 0.3) is 0 Å². The zero-order chi connectivity index (χ0) is 18.0. The molecule has 0 unspecified atom stereocenters. The van der Waals surface area contributed by atoms with Gasteiger partial charge in [-0.3, -0.25) is 10.1 Å². The molecule has 0 spiro atoms. The molecule has 25 heavy (non-hydrogen) atoms. The van der Waals surface area contributed by atoms with Gasteiger partial charge in [0.2, 0.25) is 5.82 Å². The van der Waals surface area contributed by atoms with Gasteiger partial charge in [-0.25, -0.2) is 4.98 Å². The van der Waals surface area contributed by atoms with Crippen molar-refractivity contribution in [1.29, 1.82) is 5.26 Å². The molecule has 0 aromatic carbocycles. The van der Waals surface area contributed by atoms with Gasteiger partial charge >= 0.3 is 5.69 Å². The zero-order valence-corrected chi connectivity index (χ0v) is 14.2. The van der Waals surface area contributed by atoms with E-state index in [4.69, 9.17) is 5.26 Å². The van der Waals surface area contributed by atoms with Gasteiger partial charge in [0.05, 0.1) is 4.92 Å². The highest BCUT2D eigenvalue weighted by atomic mass is 16.6. The Labute approximate surface area is 145 Å². The molecule has 1 aliphatic heterocycles. The van der Waals surface area contributed by atoms with Gasteiger partial charge in [0, 0.05) is 31.2 Å². The Morgan fingerprint density at radius 2 is 2.12 bits per heavy atom. The van der Waals surface area contributed by atoms with Crippen molar-refractivity contribution in [2.24, 2.45) is 0 Å². The SMILES string of the molecule is CC(C)n1cnnc1C1CCN(c2nccc(C#N)c2[N+](=O)[O-])CC1. The van der Waals surface area contributed by atoms with Gasteiger partial charge in [-0.15, -0.1) is 10.2 Å². The van der Waals surface area contributed by atoms with Crippen LogP contribution in [0, 0.1) is 21.4 Å². The molecule has 2 aromatic heterocycles. The Morgan fingerprint density at radius 1 is 1.40 bits per heavy atom. The summed E-state index contributed by atoms with van der Waals surface area (Å²) in [7, 11) is 0. The van der Waals surface area contributed by atoms with E-state index in [0.29, 0.717) is 13.1 Å². The van der Waals surface area contributed by atoms with Gasteiger partial charge < -0.3 is 9.47 Å². The average molecular weight is 341 g/mol. The lowest BCUT2D eigenvalue weighted by atomic mass is 9.95. The fraction of sp³-hybridized carbons (Fsp3) is 0.500. The van der Waals surface area contributed by atoms with Crippen LogP contribution >= 0.6 is 0 Å². The third kappa shape index (κ3) is 3.15. The van der Waals surface area contributed by atoms with Gasteiger partial charge in [-0.1, -0.05) is 0 Å². The molecule has 1 fully saturated rings. The van der Waals surface area contributed by atoms with E-state index in [0.717, 1.165) is 18.7 Å². The summed E-state index contributed by atoms with van der Waals surface area (Å²) < 4.78 is 2.07. The quantitative estimate of drug-likeness (QED) is 0.619. The number of nitriles is 1. The van der Waals surface area contributed by atoms with Crippen LogP contribution in [-0.4, -0.2) is 37.8 Å². The molecular formula is C16H19N7O2. The summed E-state index contributed by atoms with van der Waals surface area (Å²) in [6, 6.07) is 3.54. The molecule has 1 saturated heterocycles. The Balaban J connectivity index is 1.81. The van der Waals surface area contributed by atoms with Gasteiger partial charge in [-0.2, -0.15) is 5.26 Å². The maximum absolute atomic E-state index is 11.4. The van der Waals surface area contributed by atoms with Crippen LogP contribution in [0.4, 0.5) is 11.5 Å². The van der Waals surface area contributed by atoms with Crippen molar-refractivity contribution >= 4 is 11.5 Å². The van der Waals surface area contributed by atoms with E-state index in [2.05, 4.69) is 33.6 Å². The van der Waals surface area contributed by atoms with Crippen LogP contribution < -0.4 is 4.90 Å². The first-order chi connectivity index (χ1) is 12.0. The zero-order valence-electron chi connectivity index (χ0n) is 14.2. The first-order valence-corrected chi connectivity index (χ1v) is 8.20. The van der Waals surface area contributed by atoms with Crippen molar-refractivity contribution in [3.05, 3.63) is 40.1 Å². The largest absolute Gasteiger partial charge is 0.351 e. The summed E-state index contributed by atoms with van der Waals surface area (Å²) in [5.74, 6) is 1.50. The van der Waals surface area contributed by atoms with Crippen LogP contribution in [0.15, 0.2) is 18.6 Å². The minimum absolute atomic E-state index is 0.0386. The summed E-state index contributed by atoms with van der Waals surface area (Å²) in [6.45, 7) is 5.42. The van der Waals surface area contributed by atoms with Crippen molar-refractivity contribution in [1.82, 2.24) is 19.7 Å². The van der Waals surface area contributed by atoms with E-state index in [9.17, 15) is 10.1 Å². The smallest absolute Gasteiger partial charge is 0.329 e. The van der Waals surface area contributed by atoms with E-state index in [1.807, 2.05) is 11.0 Å². The fourth-order valence-electron chi connectivity index (χ4n) is 3.24. The normalized spacial score (nSPS) is 15.4. The number of nitro groups is 1. The monoisotopic (exact) mass is 341 g/mol. The third-order valence-electron chi connectivity index (χ3n) is 4.52. The van der Waals surface area contributed by atoms with Crippen molar-refractivity contribution in [3.8, 4) is 6.07 Å². The third-order valence-corrected chi connectivity index (χ3v) is 4.52. The lowest BCUT2D eigenvalue weighted by Gasteiger charge is -2.32. The Morgan fingerprint density at radius 3 is 2.72 bits per heavy atom. The minimum atomic E-state index is -0.525. The minimum Gasteiger partial charge on any atom is -0.351 e. The molecule has 0 radical (unpaired) electrons. The van der Waals surface area contributed by atoms with E-state index in [-0.39, 0.29) is 29.0 Å². The molecule has 0 saturated carbocycles. The van der Waals surface area contributed by atoms with Gasteiger partial charge in [0.15, 0.2) is 0 Å². The van der Waals surface area contributed by atoms with Crippen molar-refractivity contribution in [2.45, 2.75) is 38.6 Å². The molecule has 3 rings (SSSR count). The number of rotatable bonds is 4. The predicted molar refractivity (Wildman–Crippen MR) is 90.2 cm³/mol. The number of pyridine rings is 1. The maximum Gasteiger partial charge on any atom is 0.329 e. The second-order valence-electron chi connectivity index (χ2n) is 6.35. The second-order valence-corrected chi connectivity index (χ2v) is 6.35. The molecule has 0 bridgehead atoms. The molecule has 3 heterocycles. The summed E-state index contributed by atoms with van der Waals surface area (Å²) in [5.41, 5.74) is -0.175. The second kappa shape index (κ2) is 6.84.